The van der Waals surface area contributed by atoms with Gasteiger partial charge in [-0.15, -0.1) is 0 Å². The average molecular weight is 197 g/mol. The van der Waals surface area contributed by atoms with Gasteiger partial charge < -0.3 is 5.32 Å². The molecule has 0 heterocycles. The Labute approximate surface area is 85.9 Å². The first kappa shape index (κ1) is 12.9. The fraction of sp³-hybridized carbons (Fsp3) is 0.800. The van der Waals surface area contributed by atoms with Crippen molar-refractivity contribution < 1.29 is 4.79 Å². The van der Waals surface area contributed by atoms with Crippen LogP contribution in [0, 0.1) is 11.3 Å². The molecular formula is C10H19N3O. The van der Waals surface area contributed by atoms with E-state index in [2.05, 4.69) is 11.4 Å². The van der Waals surface area contributed by atoms with E-state index in [0.717, 1.165) is 6.42 Å². The molecule has 0 saturated carbocycles. The van der Waals surface area contributed by atoms with Crippen LogP contribution in [0.25, 0.3) is 0 Å². The summed E-state index contributed by atoms with van der Waals surface area (Å²) in [4.78, 5) is 13.2. The first-order valence-corrected chi connectivity index (χ1v) is 4.99. The zero-order valence-corrected chi connectivity index (χ0v) is 9.21. The number of nitrogens with zero attached hydrogens (tertiary/aromatic N) is 2. The second kappa shape index (κ2) is 7.34. The SMILES string of the molecule is CCNC(=O)CN(C)C(CC)CC#N. The van der Waals surface area contributed by atoms with Crippen LogP contribution in [-0.2, 0) is 4.79 Å². The maximum absolute atomic E-state index is 11.2. The van der Waals surface area contributed by atoms with Gasteiger partial charge in [0.1, 0.15) is 0 Å². The van der Waals surface area contributed by atoms with Crippen molar-refractivity contribution in [2.24, 2.45) is 0 Å². The zero-order chi connectivity index (χ0) is 11.0. The molecule has 0 spiro atoms. The number of hydrogen-bond donors (Lipinski definition) is 1. The third-order valence-electron chi connectivity index (χ3n) is 2.19. The number of likely N-dealkylation sites (N-methyl/N-ethyl adjacent to an activating group) is 2. The maximum atomic E-state index is 11.2. The Hall–Kier alpha value is -1.08. The molecule has 1 N–H and O–H groups in total. The molecule has 1 atom stereocenters. The van der Waals surface area contributed by atoms with E-state index in [4.69, 9.17) is 5.26 Å². The van der Waals surface area contributed by atoms with Crippen molar-refractivity contribution in [3.63, 3.8) is 0 Å². The molecule has 0 aliphatic rings. The Balaban J connectivity index is 3.97. The van der Waals surface area contributed by atoms with E-state index in [9.17, 15) is 4.79 Å². The second-order valence-electron chi connectivity index (χ2n) is 3.29. The molecule has 0 aromatic carbocycles. The highest BCUT2D eigenvalue weighted by Gasteiger charge is 2.14. The van der Waals surface area contributed by atoms with Crippen LogP contribution >= 0.6 is 0 Å². The first-order chi connectivity index (χ1) is 6.65. The Morgan fingerprint density at radius 1 is 1.57 bits per heavy atom. The molecule has 0 rings (SSSR count). The van der Waals surface area contributed by atoms with E-state index >= 15 is 0 Å². The Kier molecular flexibility index (Phi) is 6.77. The maximum Gasteiger partial charge on any atom is 0.234 e. The summed E-state index contributed by atoms with van der Waals surface area (Å²) in [6.07, 6.45) is 1.37. The molecule has 4 nitrogen and oxygen atoms in total. The highest BCUT2D eigenvalue weighted by atomic mass is 16.2. The lowest BCUT2D eigenvalue weighted by Gasteiger charge is -2.24. The van der Waals surface area contributed by atoms with Crippen LogP contribution in [0.4, 0.5) is 0 Å². The number of nitrogens with one attached hydrogen (secondary N) is 1. The number of nitriles is 1. The van der Waals surface area contributed by atoms with Crippen molar-refractivity contribution in [3.05, 3.63) is 0 Å². The molecule has 0 aliphatic carbocycles. The highest BCUT2D eigenvalue weighted by Crippen LogP contribution is 2.04. The summed E-state index contributed by atoms with van der Waals surface area (Å²) in [5, 5.41) is 11.3. The van der Waals surface area contributed by atoms with Gasteiger partial charge in [-0.25, -0.2) is 0 Å². The molecule has 80 valence electrons. The molecule has 1 amide bonds. The second-order valence-corrected chi connectivity index (χ2v) is 3.29. The van der Waals surface area contributed by atoms with Crippen LogP contribution in [0.2, 0.25) is 0 Å². The lowest BCUT2D eigenvalue weighted by Crippen LogP contribution is -2.40. The molecule has 14 heavy (non-hydrogen) atoms. The number of rotatable bonds is 6. The van der Waals surface area contributed by atoms with Gasteiger partial charge in [0.15, 0.2) is 0 Å². The quantitative estimate of drug-likeness (QED) is 0.683. The summed E-state index contributed by atoms with van der Waals surface area (Å²) in [7, 11) is 1.88. The van der Waals surface area contributed by atoms with E-state index < -0.39 is 0 Å². The molecule has 0 aliphatic heterocycles. The molecule has 0 saturated heterocycles. The normalized spacial score (nSPS) is 12.2. The van der Waals surface area contributed by atoms with Crippen molar-refractivity contribution in [1.29, 1.82) is 5.26 Å². The summed E-state index contributed by atoms with van der Waals surface area (Å²) in [6, 6.07) is 2.31. The number of hydrogen-bond acceptors (Lipinski definition) is 3. The van der Waals surface area contributed by atoms with Gasteiger partial charge >= 0.3 is 0 Å². The van der Waals surface area contributed by atoms with E-state index in [1.54, 1.807) is 0 Å². The standard InChI is InChI=1S/C10H19N3O/c1-4-9(6-7-11)13(3)8-10(14)12-5-2/h9H,4-6,8H2,1-3H3,(H,12,14). The largest absolute Gasteiger partial charge is 0.355 e. The van der Waals surface area contributed by atoms with Gasteiger partial charge in [-0.2, -0.15) is 5.26 Å². The van der Waals surface area contributed by atoms with E-state index in [-0.39, 0.29) is 11.9 Å². The van der Waals surface area contributed by atoms with Crippen molar-refractivity contribution in [3.8, 4) is 6.07 Å². The summed E-state index contributed by atoms with van der Waals surface area (Å²) >= 11 is 0. The van der Waals surface area contributed by atoms with Crippen molar-refractivity contribution >= 4 is 5.91 Å². The first-order valence-electron chi connectivity index (χ1n) is 4.99. The molecule has 1 unspecified atom stereocenters. The Morgan fingerprint density at radius 2 is 2.21 bits per heavy atom. The number of carbonyl (C=O) groups excluding carboxylic acids is 1. The van der Waals surface area contributed by atoms with Gasteiger partial charge in [-0.1, -0.05) is 6.92 Å². The monoisotopic (exact) mass is 197 g/mol. The summed E-state index contributed by atoms with van der Waals surface area (Å²) in [6.45, 7) is 4.94. The summed E-state index contributed by atoms with van der Waals surface area (Å²) in [5.41, 5.74) is 0. The Morgan fingerprint density at radius 3 is 2.64 bits per heavy atom. The molecule has 0 radical (unpaired) electrons. The van der Waals surface area contributed by atoms with Gasteiger partial charge in [0.05, 0.1) is 19.0 Å². The molecular weight excluding hydrogens is 178 g/mol. The van der Waals surface area contributed by atoms with E-state index in [1.807, 2.05) is 25.8 Å². The molecule has 0 aromatic heterocycles. The zero-order valence-electron chi connectivity index (χ0n) is 9.21. The number of amides is 1. The molecule has 0 bridgehead atoms. The van der Waals surface area contributed by atoms with Gasteiger partial charge in [0.2, 0.25) is 5.91 Å². The van der Waals surface area contributed by atoms with Crippen LogP contribution in [0.5, 0.6) is 0 Å². The molecule has 0 fully saturated rings. The van der Waals surface area contributed by atoms with Crippen molar-refractivity contribution in [2.45, 2.75) is 32.7 Å². The van der Waals surface area contributed by atoms with Crippen LogP contribution in [-0.4, -0.2) is 37.0 Å². The van der Waals surface area contributed by atoms with E-state index in [1.165, 1.54) is 0 Å². The average Bonchev–Trinajstić information content (AvgIpc) is 2.14. The summed E-state index contributed by atoms with van der Waals surface area (Å²) < 4.78 is 0. The van der Waals surface area contributed by atoms with E-state index in [0.29, 0.717) is 19.5 Å². The minimum Gasteiger partial charge on any atom is -0.355 e. The fourth-order valence-electron chi connectivity index (χ4n) is 1.33. The predicted octanol–water partition coefficient (Wildman–Crippen LogP) is 0.747. The van der Waals surface area contributed by atoms with Gasteiger partial charge in [-0.3, -0.25) is 9.69 Å². The van der Waals surface area contributed by atoms with Crippen molar-refractivity contribution in [2.75, 3.05) is 20.1 Å². The van der Waals surface area contributed by atoms with Gasteiger partial charge in [0, 0.05) is 12.6 Å². The Bertz CT molecular complexity index is 210. The van der Waals surface area contributed by atoms with Crippen LogP contribution in [0.3, 0.4) is 0 Å². The van der Waals surface area contributed by atoms with Crippen LogP contribution in [0.15, 0.2) is 0 Å². The minimum atomic E-state index is 0.0198. The fourth-order valence-corrected chi connectivity index (χ4v) is 1.33. The lowest BCUT2D eigenvalue weighted by molar-refractivity contribution is -0.122. The lowest BCUT2D eigenvalue weighted by atomic mass is 10.1. The third-order valence-corrected chi connectivity index (χ3v) is 2.19. The van der Waals surface area contributed by atoms with Crippen LogP contribution < -0.4 is 5.32 Å². The predicted molar refractivity (Wildman–Crippen MR) is 55.6 cm³/mol. The topological polar surface area (TPSA) is 56.1 Å². The highest BCUT2D eigenvalue weighted by molar-refractivity contribution is 5.77. The molecule has 4 heteroatoms. The van der Waals surface area contributed by atoms with Crippen LogP contribution in [0.1, 0.15) is 26.7 Å². The third kappa shape index (κ3) is 4.83. The van der Waals surface area contributed by atoms with Crippen molar-refractivity contribution in [1.82, 2.24) is 10.2 Å². The number of carbonyl (C=O) groups is 1. The minimum absolute atomic E-state index is 0.0198. The van der Waals surface area contributed by atoms with Gasteiger partial charge in [0.25, 0.3) is 0 Å². The smallest absolute Gasteiger partial charge is 0.234 e. The molecule has 0 aromatic rings. The van der Waals surface area contributed by atoms with Gasteiger partial charge in [-0.05, 0) is 20.4 Å². The summed E-state index contributed by atoms with van der Waals surface area (Å²) in [5.74, 6) is 0.0198.